The Hall–Kier alpha value is -3.15. The molecule has 0 saturated heterocycles. The Kier molecular flexibility index (Phi) is 6.65. The van der Waals surface area contributed by atoms with E-state index in [1.807, 2.05) is 55.5 Å². The molecule has 0 spiro atoms. The van der Waals surface area contributed by atoms with Crippen LogP contribution in [0.25, 0.3) is 5.52 Å². The largest absolute Gasteiger partial charge is 0.339 e. The molecule has 29 heavy (non-hydrogen) atoms. The molecule has 2 aromatic heterocycles. The monoisotopic (exact) mass is 392 g/mol. The normalized spacial score (nSPS) is 10.9. The number of carbonyl (C=O) groups excluding carboxylic acids is 2. The van der Waals surface area contributed by atoms with Crippen LogP contribution >= 0.6 is 0 Å². The van der Waals surface area contributed by atoms with E-state index in [2.05, 4.69) is 11.9 Å². The zero-order chi connectivity index (χ0) is 20.8. The molecule has 152 valence electrons. The lowest BCUT2D eigenvalue weighted by atomic mass is 10.2. The maximum Gasteiger partial charge on any atom is 0.289 e. The van der Waals surface area contributed by atoms with Crippen LogP contribution < -0.4 is 0 Å². The van der Waals surface area contributed by atoms with Gasteiger partial charge in [-0.2, -0.15) is 0 Å². The summed E-state index contributed by atoms with van der Waals surface area (Å²) in [5.74, 6) is -0.0709. The molecule has 0 radical (unpaired) electrons. The van der Waals surface area contributed by atoms with Crippen molar-refractivity contribution < 1.29 is 9.59 Å². The third kappa shape index (κ3) is 4.47. The number of hydrogen-bond acceptors (Lipinski definition) is 3. The fourth-order valence-electron chi connectivity index (χ4n) is 3.29. The summed E-state index contributed by atoms with van der Waals surface area (Å²) in [6.45, 7) is 5.76. The van der Waals surface area contributed by atoms with Crippen LogP contribution in [0.15, 0.2) is 54.7 Å². The summed E-state index contributed by atoms with van der Waals surface area (Å²) < 4.78 is 1.72. The van der Waals surface area contributed by atoms with Gasteiger partial charge in [0, 0.05) is 32.9 Å². The van der Waals surface area contributed by atoms with Crippen LogP contribution in [0.4, 0.5) is 0 Å². The summed E-state index contributed by atoms with van der Waals surface area (Å²) in [5.41, 5.74) is 2.02. The molecule has 1 aromatic carbocycles. The molecule has 2 amide bonds. The van der Waals surface area contributed by atoms with Gasteiger partial charge in [-0.05, 0) is 31.0 Å². The van der Waals surface area contributed by atoms with Crippen LogP contribution in [0.1, 0.15) is 53.4 Å². The van der Waals surface area contributed by atoms with Crippen molar-refractivity contribution in [2.24, 2.45) is 0 Å². The Morgan fingerprint density at radius 3 is 2.41 bits per heavy atom. The molecular formula is C23H28N4O2. The highest BCUT2D eigenvalue weighted by molar-refractivity contribution is 6.02. The number of hydrogen-bond donors (Lipinski definition) is 0. The highest BCUT2D eigenvalue weighted by atomic mass is 16.2. The highest BCUT2D eigenvalue weighted by Gasteiger charge is 2.26. The lowest BCUT2D eigenvalue weighted by Crippen LogP contribution is -2.31. The van der Waals surface area contributed by atoms with E-state index in [9.17, 15) is 9.59 Å². The standard InChI is InChI=1S/C23H28N4O2/c1-4-6-15-25(3)23(29)21-24-20(19-14-10-11-16-27(19)21)22(28)26(5-2)17-18-12-8-7-9-13-18/h7-14,16H,4-6,15,17H2,1-3H3. The van der Waals surface area contributed by atoms with E-state index in [-0.39, 0.29) is 17.6 Å². The lowest BCUT2D eigenvalue weighted by Gasteiger charge is -2.20. The molecule has 2 heterocycles. The average molecular weight is 393 g/mol. The summed E-state index contributed by atoms with van der Waals surface area (Å²) in [7, 11) is 1.78. The molecule has 0 atom stereocenters. The Morgan fingerprint density at radius 2 is 1.72 bits per heavy atom. The first-order valence-electron chi connectivity index (χ1n) is 10.1. The van der Waals surface area contributed by atoms with Crippen LogP contribution in [-0.2, 0) is 6.54 Å². The van der Waals surface area contributed by atoms with E-state index in [1.54, 1.807) is 27.4 Å². The van der Waals surface area contributed by atoms with Crippen molar-refractivity contribution in [2.45, 2.75) is 33.2 Å². The fraction of sp³-hybridized carbons (Fsp3) is 0.348. The van der Waals surface area contributed by atoms with Crippen molar-refractivity contribution in [2.75, 3.05) is 20.1 Å². The number of fused-ring (bicyclic) bond motifs is 1. The number of pyridine rings is 1. The third-order valence-corrected chi connectivity index (χ3v) is 5.02. The van der Waals surface area contributed by atoms with Gasteiger partial charge < -0.3 is 9.80 Å². The molecule has 3 aromatic rings. The van der Waals surface area contributed by atoms with Crippen LogP contribution in [0.3, 0.4) is 0 Å². The zero-order valence-corrected chi connectivity index (χ0v) is 17.3. The minimum atomic E-state index is -0.176. The lowest BCUT2D eigenvalue weighted by molar-refractivity contribution is 0.0749. The van der Waals surface area contributed by atoms with E-state index in [1.165, 1.54) is 0 Å². The number of benzene rings is 1. The van der Waals surface area contributed by atoms with Gasteiger partial charge in [0.1, 0.15) is 0 Å². The van der Waals surface area contributed by atoms with E-state index in [0.29, 0.717) is 30.8 Å². The Balaban J connectivity index is 1.94. The first-order chi connectivity index (χ1) is 14.1. The quantitative estimate of drug-likeness (QED) is 0.585. The summed E-state index contributed by atoms with van der Waals surface area (Å²) in [6, 6.07) is 15.4. The van der Waals surface area contributed by atoms with Gasteiger partial charge in [0.05, 0.1) is 5.52 Å². The van der Waals surface area contributed by atoms with Crippen molar-refractivity contribution in [1.82, 2.24) is 19.2 Å². The maximum atomic E-state index is 13.3. The van der Waals surface area contributed by atoms with Crippen molar-refractivity contribution in [3.63, 3.8) is 0 Å². The fourth-order valence-corrected chi connectivity index (χ4v) is 3.29. The summed E-state index contributed by atoms with van der Waals surface area (Å²) in [6.07, 6.45) is 3.72. The number of carbonyl (C=O) groups is 2. The van der Waals surface area contributed by atoms with Gasteiger partial charge in [-0.15, -0.1) is 0 Å². The molecule has 0 saturated carbocycles. The third-order valence-electron chi connectivity index (χ3n) is 5.02. The predicted molar refractivity (Wildman–Crippen MR) is 114 cm³/mol. The first kappa shape index (κ1) is 20.6. The summed E-state index contributed by atoms with van der Waals surface area (Å²) >= 11 is 0. The van der Waals surface area contributed by atoms with Crippen molar-refractivity contribution >= 4 is 17.3 Å². The Bertz CT molecular complexity index is 981. The molecule has 0 aliphatic heterocycles. The molecule has 6 nitrogen and oxygen atoms in total. The topological polar surface area (TPSA) is 57.9 Å². The van der Waals surface area contributed by atoms with Gasteiger partial charge in [0.2, 0.25) is 5.82 Å². The van der Waals surface area contributed by atoms with Crippen LogP contribution in [0.2, 0.25) is 0 Å². The first-order valence-corrected chi connectivity index (χ1v) is 10.1. The van der Waals surface area contributed by atoms with Gasteiger partial charge in [-0.25, -0.2) is 4.98 Å². The number of rotatable bonds is 8. The SMILES string of the molecule is CCCCN(C)C(=O)c1nc(C(=O)N(CC)Cc2ccccc2)c2ccccn12. The van der Waals surface area contributed by atoms with Crippen molar-refractivity contribution in [3.05, 3.63) is 71.8 Å². The number of aromatic nitrogens is 2. The number of nitrogens with zero attached hydrogens (tertiary/aromatic N) is 4. The number of amides is 2. The van der Waals surface area contributed by atoms with E-state index < -0.39 is 0 Å². The highest BCUT2D eigenvalue weighted by Crippen LogP contribution is 2.18. The van der Waals surface area contributed by atoms with Gasteiger partial charge in [0.25, 0.3) is 11.8 Å². The molecule has 0 aliphatic rings. The molecule has 6 heteroatoms. The second-order valence-corrected chi connectivity index (χ2v) is 7.13. The van der Waals surface area contributed by atoms with Crippen LogP contribution in [0.5, 0.6) is 0 Å². The maximum absolute atomic E-state index is 13.3. The summed E-state index contributed by atoms with van der Waals surface area (Å²) in [4.78, 5) is 34.2. The van der Waals surface area contributed by atoms with Gasteiger partial charge >= 0.3 is 0 Å². The van der Waals surface area contributed by atoms with E-state index >= 15 is 0 Å². The molecule has 0 bridgehead atoms. The summed E-state index contributed by atoms with van der Waals surface area (Å²) in [5, 5.41) is 0. The number of unbranched alkanes of at least 4 members (excludes halogenated alkanes) is 1. The smallest absolute Gasteiger partial charge is 0.289 e. The van der Waals surface area contributed by atoms with Gasteiger partial charge in [-0.3, -0.25) is 14.0 Å². The van der Waals surface area contributed by atoms with Gasteiger partial charge in [-0.1, -0.05) is 49.7 Å². The van der Waals surface area contributed by atoms with E-state index in [0.717, 1.165) is 18.4 Å². The molecule has 0 N–H and O–H groups in total. The molecular weight excluding hydrogens is 364 g/mol. The molecule has 0 unspecified atom stereocenters. The zero-order valence-electron chi connectivity index (χ0n) is 17.3. The minimum absolute atomic E-state index is 0.171. The minimum Gasteiger partial charge on any atom is -0.339 e. The van der Waals surface area contributed by atoms with Crippen molar-refractivity contribution in [1.29, 1.82) is 0 Å². The van der Waals surface area contributed by atoms with Crippen LogP contribution in [-0.4, -0.2) is 51.1 Å². The second kappa shape index (κ2) is 9.37. The second-order valence-electron chi connectivity index (χ2n) is 7.13. The van der Waals surface area contributed by atoms with Crippen LogP contribution in [0, 0.1) is 0 Å². The van der Waals surface area contributed by atoms with Crippen molar-refractivity contribution in [3.8, 4) is 0 Å². The molecule has 0 aliphatic carbocycles. The molecule has 0 fully saturated rings. The predicted octanol–water partition coefficient (Wildman–Crippen LogP) is 3.87. The Morgan fingerprint density at radius 1 is 1.00 bits per heavy atom. The Labute approximate surface area is 171 Å². The van der Waals surface area contributed by atoms with Gasteiger partial charge in [0.15, 0.2) is 5.69 Å². The number of imidazole rings is 1. The molecule has 3 rings (SSSR count). The average Bonchev–Trinajstić information content (AvgIpc) is 3.15. The van der Waals surface area contributed by atoms with E-state index in [4.69, 9.17) is 0 Å².